The van der Waals surface area contributed by atoms with E-state index in [1.807, 2.05) is 0 Å². The molecule has 0 radical (unpaired) electrons. The van der Waals surface area contributed by atoms with Crippen molar-refractivity contribution >= 4 is 12.1 Å². The van der Waals surface area contributed by atoms with Crippen molar-refractivity contribution in [3.8, 4) is 0 Å². The van der Waals surface area contributed by atoms with Crippen LogP contribution in [0.5, 0.6) is 0 Å². The molecule has 0 spiro atoms. The predicted molar refractivity (Wildman–Crippen MR) is 86.8 cm³/mol. The first-order valence-corrected chi connectivity index (χ1v) is 8.24. The van der Waals surface area contributed by atoms with Crippen LogP contribution in [0.3, 0.4) is 0 Å². The summed E-state index contributed by atoms with van der Waals surface area (Å²) < 4.78 is 38.1. The topological polar surface area (TPSA) is 55.8 Å². The highest BCUT2D eigenvalue weighted by Gasteiger charge is 2.53. The van der Waals surface area contributed by atoms with E-state index in [4.69, 9.17) is 9.47 Å². The molecule has 138 valence electrons. The number of likely N-dealkylation sites (tertiary alicyclic amines) is 1. The molecule has 5 nitrogen and oxygen atoms in total. The maximum atomic E-state index is 13.8. The summed E-state index contributed by atoms with van der Waals surface area (Å²) in [5, 5.41) is 0. The lowest BCUT2D eigenvalue weighted by Gasteiger charge is -2.37. The van der Waals surface area contributed by atoms with Crippen LogP contribution < -0.4 is 0 Å². The predicted octanol–water partition coefficient (Wildman–Crippen LogP) is 3.75. The number of esters is 1. The molecule has 0 bridgehead atoms. The lowest BCUT2D eigenvalue weighted by molar-refractivity contribution is -0.156. The fraction of sp³-hybridized carbons (Fsp3) is 0.556. The maximum Gasteiger partial charge on any atom is 0.411 e. The van der Waals surface area contributed by atoms with Crippen LogP contribution in [-0.4, -0.2) is 35.7 Å². The molecule has 1 aliphatic rings. The van der Waals surface area contributed by atoms with Crippen molar-refractivity contribution in [3.63, 3.8) is 0 Å². The Morgan fingerprint density at radius 2 is 1.80 bits per heavy atom. The van der Waals surface area contributed by atoms with Crippen LogP contribution in [0.4, 0.5) is 13.6 Å². The number of nitrogens with zero attached hydrogens (tertiary/aromatic N) is 1. The van der Waals surface area contributed by atoms with Crippen molar-refractivity contribution in [2.75, 3.05) is 13.2 Å². The minimum absolute atomic E-state index is 0.0480. The summed E-state index contributed by atoms with van der Waals surface area (Å²) in [6.45, 7) is 7.05. The number of carbonyl (C=O) groups is 2. The van der Waals surface area contributed by atoms with Gasteiger partial charge in [-0.1, -0.05) is 0 Å². The molecule has 1 aliphatic heterocycles. The van der Waals surface area contributed by atoms with Gasteiger partial charge in [0.15, 0.2) is 5.54 Å². The van der Waals surface area contributed by atoms with Crippen LogP contribution in [-0.2, 0) is 19.8 Å². The van der Waals surface area contributed by atoms with E-state index < -0.39 is 34.8 Å². The van der Waals surface area contributed by atoms with Crippen molar-refractivity contribution in [2.45, 2.75) is 51.7 Å². The normalized spacial score (nSPS) is 20.5. The molecule has 0 aromatic heterocycles. The molecule has 1 fully saturated rings. The van der Waals surface area contributed by atoms with Crippen molar-refractivity contribution in [2.24, 2.45) is 0 Å². The first-order chi connectivity index (χ1) is 11.6. The molecule has 1 saturated heterocycles. The lowest BCUT2D eigenvalue weighted by Crippen LogP contribution is -2.52. The molecule has 25 heavy (non-hydrogen) atoms. The van der Waals surface area contributed by atoms with Crippen LogP contribution in [0.25, 0.3) is 0 Å². The quantitative estimate of drug-likeness (QED) is 0.775. The number of hydrogen-bond acceptors (Lipinski definition) is 4. The maximum absolute atomic E-state index is 13.8. The minimum Gasteiger partial charge on any atom is -0.464 e. The summed E-state index contributed by atoms with van der Waals surface area (Å²) >= 11 is 0. The lowest BCUT2D eigenvalue weighted by atomic mass is 9.87. The number of halogens is 2. The molecule has 1 heterocycles. The third-order valence-electron chi connectivity index (χ3n) is 3.95. The van der Waals surface area contributed by atoms with Gasteiger partial charge in [0.25, 0.3) is 0 Å². The summed E-state index contributed by atoms with van der Waals surface area (Å²) in [4.78, 5) is 26.6. The molecule has 1 amide bonds. The molecule has 1 aromatic carbocycles. The summed E-state index contributed by atoms with van der Waals surface area (Å²) in [6.07, 6.45) is -0.0350. The molecule has 0 N–H and O–H groups in total. The van der Waals surface area contributed by atoms with E-state index in [2.05, 4.69) is 0 Å². The molecule has 0 saturated carbocycles. The number of carbonyl (C=O) groups excluding carboxylic acids is 2. The first-order valence-electron chi connectivity index (χ1n) is 8.24. The van der Waals surface area contributed by atoms with Gasteiger partial charge in [-0.3, -0.25) is 4.90 Å². The van der Waals surface area contributed by atoms with Gasteiger partial charge in [0.1, 0.15) is 17.2 Å². The summed E-state index contributed by atoms with van der Waals surface area (Å²) in [5.74, 6) is -2.37. The number of rotatable bonds is 3. The highest BCUT2D eigenvalue weighted by molar-refractivity contribution is 5.88. The van der Waals surface area contributed by atoms with E-state index >= 15 is 0 Å². The average molecular weight is 355 g/mol. The van der Waals surface area contributed by atoms with E-state index in [-0.39, 0.29) is 25.1 Å². The fourth-order valence-corrected chi connectivity index (χ4v) is 3.06. The van der Waals surface area contributed by atoms with Gasteiger partial charge in [0.05, 0.1) is 6.61 Å². The van der Waals surface area contributed by atoms with Crippen molar-refractivity contribution in [1.29, 1.82) is 0 Å². The van der Waals surface area contributed by atoms with E-state index in [0.717, 1.165) is 18.2 Å². The summed E-state index contributed by atoms with van der Waals surface area (Å²) in [5.41, 5.74) is -2.32. The van der Waals surface area contributed by atoms with E-state index in [9.17, 15) is 18.4 Å². The Labute approximate surface area is 145 Å². The number of hydrogen-bond donors (Lipinski definition) is 0. The van der Waals surface area contributed by atoms with Crippen molar-refractivity contribution < 1.29 is 27.8 Å². The number of benzene rings is 1. The summed E-state index contributed by atoms with van der Waals surface area (Å²) in [7, 11) is 0. The summed E-state index contributed by atoms with van der Waals surface area (Å²) in [6, 6.07) is 2.83. The van der Waals surface area contributed by atoms with Crippen LogP contribution in [0, 0.1) is 11.6 Å². The average Bonchev–Trinajstić information content (AvgIpc) is 2.90. The molecule has 1 unspecified atom stereocenters. The van der Waals surface area contributed by atoms with Crippen LogP contribution >= 0.6 is 0 Å². The highest BCUT2D eigenvalue weighted by atomic mass is 19.1. The smallest absolute Gasteiger partial charge is 0.411 e. The molecule has 1 aromatic rings. The third kappa shape index (κ3) is 3.91. The second kappa shape index (κ2) is 6.98. The molecule has 2 rings (SSSR count). The second-order valence-electron chi connectivity index (χ2n) is 6.97. The second-order valence-corrected chi connectivity index (χ2v) is 6.97. The van der Waals surface area contributed by atoms with Crippen molar-refractivity contribution in [3.05, 3.63) is 35.4 Å². The van der Waals surface area contributed by atoms with Gasteiger partial charge >= 0.3 is 12.1 Å². The van der Waals surface area contributed by atoms with Crippen molar-refractivity contribution in [1.82, 2.24) is 4.90 Å². The van der Waals surface area contributed by atoms with Crippen LogP contribution in [0.15, 0.2) is 18.2 Å². The fourth-order valence-electron chi connectivity index (χ4n) is 3.06. The molecular formula is C18H23F2NO4. The SMILES string of the molecule is CCOC(=O)C1(c2cc(F)cc(F)c2)CCCN1C(=O)OC(C)(C)C. The van der Waals surface area contributed by atoms with Gasteiger partial charge in [0.2, 0.25) is 0 Å². The first kappa shape index (κ1) is 19.1. The Morgan fingerprint density at radius 1 is 1.20 bits per heavy atom. The van der Waals surface area contributed by atoms with Gasteiger partial charge in [-0.2, -0.15) is 0 Å². The van der Waals surface area contributed by atoms with Gasteiger partial charge < -0.3 is 9.47 Å². The highest BCUT2D eigenvalue weighted by Crippen LogP contribution is 2.41. The standard InChI is InChI=1S/C18H23F2NO4/c1-5-24-15(22)18(12-9-13(19)11-14(20)10-12)7-6-8-21(18)16(23)25-17(2,3)4/h9-11H,5-8H2,1-4H3. The van der Waals surface area contributed by atoms with Crippen LogP contribution in [0.1, 0.15) is 46.1 Å². The van der Waals surface area contributed by atoms with Crippen LogP contribution in [0.2, 0.25) is 0 Å². The Kier molecular flexibility index (Phi) is 5.34. The molecule has 7 heteroatoms. The van der Waals surface area contributed by atoms with E-state index in [1.165, 1.54) is 4.90 Å². The largest absolute Gasteiger partial charge is 0.464 e. The Morgan fingerprint density at radius 3 is 2.32 bits per heavy atom. The zero-order valence-electron chi connectivity index (χ0n) is 14.9. The van der Waals surface area contributed by atoms with Gasteiger partial charge in [-0.15, -0.1) is 0 Å². The Hall–Kier alpha value is -2.18. The zero-order valence-corrected chi connectivity index (χ0v) is 14.9. The Balaban J connectivity index is 2.54. The van der Waals surface area contributed by atoms with E-state index in [1.54, 1.807) is 27.7 Å². The molecular weight excluding hydrogens is 332 g/mol. The molecule has 0 aliphatic carbocycles. The third-order valence-corrected chi connectivity index (χ3v) is 3.95. The van der Waals surface area contributed by atoms with Gasteiger partial charge in [0, 0.05) is 12.6 Å². The molecule has 1 atom stereocenters. The number of amides is 1. The Bertz CT molecular complexity index is 651. The number of ether oxygens (including phenoxy) is 2. The van der Waals surface area contributed by atoms with Gasteiger partial charge in [-0.05, 0) is 58.2 Å². The van der Waals surface area contributed by atoms with E-state index in [0.29, 0.717) is 6.42 Å². The zero-order chi connectivity index (χ0) is 18.8. The minimum atomic E-state index is -1.60. The van der Waals surface area contributed by atoms with Gasteiger partial charge in [-0.25, -0.2) is 18.4 Å². The monoisotopic (exact) mass is 355 g/mol.